The standard InChI is InChI=1S/C18H13ClN2O4/c19-14-3-5-15(6-4-14)21-18(24)13(10-20)9-12-1-7-16(8-2-12)25-11-17(22)23/h1-9H,11H2,(H,21,24)(H,22,23)/b13-9-. The van der Waals surface area contributed by atoms with Crippen molar-refractivity contribution < 1.29 is 19.4 Å². The van der Waals surface area contributed by atoms with Crippen LogP contribution in [-0.2, 0) is 9.59 Å². The van der Waals surface area contributed by atoms with Crippen LogP contribution in [0.3, 0.4) is 0 Å². The van der Waals surface area contributed by atoms with Crippen molar-refractivity contribution in [2.45, 2.75) is 0 Å². The Hall–Kier alpha value is -3.30. The first-order valence-corrected chi connectivity index (χ1v) is 7.49. The number of ether oxygens (including phenoxy) is 1. The summed E-state index contributed by atoms with van der Waals surface area (Å²) in [6.07, 6.45) is 1.42. The molecule has 0 atom stereocenters. The first-order chi connectivity index (χ1) is 12.0. The molecule has 0 aliphatic carbocycles. The lowest BCUT2D eigenvalue weighted by molar-refractivity contribution is -0.139. The van der Waals surface area contributed by atoms with Gasteiger partial charge >= 0.3 is 5.97 Å². The van der Waals surface area contributed by atoms with Crippen LogP contribution in [0, 0.1) is 11.3 Å². The van der Waals surface area contributed by atoms with Crippen molar-refractivity contribution >= 4 is 35.2 Å². The van der Waals surface area contributed by atoms with E-state index in [1.165, 1.54) is 6.08 Å². The van der Waals surface area contributed by atoms with E-state index in [9.17, 15) is 14.9 Å². The minimum Gasteiger partial charge on any atom is -0.482 e. The number of carboxylic acid groups (broad SMARTS) is 1. The number of hydrogen-bond donors (Lipinski definition) is 2. The number of nitriles is 1. The molecule has 2 rings (SSSR count). The number of anilines is 1. The molecule has 6 nitrogen and oxygen atoms in total. The molecule has 0 fully saturated rings. The van der Waals surface area contributed by atoms with Crippen LogP contribution in [0.1, 0.15) is 5.56 Å². The molecule has 2 aromatic carbocycles. The van der Waals surface area contributed by atoms with Gasteiger partial charge in [-0.15, -0.1) is 0 Å². The monoisotopic (exact) mass is 356 g/mol. The Morgan fingerprint density at radius 2 is 1.80 bits per heavy atom. The van der Waals surface area contributed by atoms with Gasteiger partial charge in [-0.25, -0.2) is 4.79 Å². The van der Waals surface area contributed by atoms with Gasteiger partial charge in [-0.3, -0.25) is 4.79 Å². The number of nitrogens with zero attached hydrogens (tertiary/aromatic N) is 1. The van der Waals surface area contributed by atoms with Gasteiger partial charge in [-0.1, -0.05) is 23.7 Å². The second kappa shape index (κ2) is 8.52. The predicted molar refractivity (Wildman–Crippen MR) is 93.2 cm³/mol. The fourth-order valence-electron chi connectivity index (χ4n) is 1.85. The maximum Gasteiger partial charge on any atom is 0.341 e. The third-order valence-corrected chi connectivity index (χ3v) is 3.27. The zero-order chi connectivity index (χ0) is 18.2. The Morgan fingerprint density at radius 1 is 1.16 bits per heavy atom. The molecule has 0 heterocycles. The normalized spacial score (nSPS) is 10.6. The molecule has 0 radical (unpaired) electrons. The molecule has 0 bridgehead atoms. The molecule has 0 saturated heterocycles. The molecular weight excluding hydrogens is 344 g/mol. The zero-order valence-corrected chi connectivity index (χ0v) is 13.7. The number of hydrogen-bond acceptors (Lipinski definition) is 4. The largest absolute Gasteiger partial charge is 0.482 e. The highest BCUT2D eigenvalue weighted by Crippen LogP contribution is 2.17. The van der Waals surface area contributed by atoms with Gasteiger partial charge in [0.25, 0.3) is 5.91 Å². The van der Waals surface area contributed by atoms with Gasteiger partial charge in [0.2, 0.25) is 0 Å². The average molecular weight is 357 g/mol. The SMILES string of the molecule is N#C/C(=C/c1ccc(OCC(=O)O)cc1)C(=O)Nc1ccc(Cl)cc1. The van der Waals surface area contributed by atoms with Crippen molar-refractivity contribution in [2.24, 2.45) is 0 Å². The van der Waals surface area contributed by atoms with Gasteiger partial charge in [0.15, 0.2) is 6.61 Å². The van der Waals surface area contributed by atoms with Crippen LogP contribution in [0.4, 0.5) is 5.69 Å². The number of rotatable bonds is 6. The number of carbonyl (C=O) groups is 2. The lowest BCUT2D eigenvalue weighted by Crippen LogP contribution is -2.13. The van der Waals surface area contributed by atoms with E-state index >= 15 is 0 Å². The molecular formula is C18H13ClN2O4. The number of carboxylic acids is 1. The summed E-state index contributed by atoms with van der Waals surface area (Å²) in [7, 11) is 0. The minimum atomic E-state index is -1.07. The van der Waals surface area contributed by atoms with Crippen molar-refractivity contribution in [1.82, 2.24) is 0 Å². The molecule has 0 aliphatic heterocycles. The van der Waals surface area contributed by atoms with Crippen molar-refractivity contribution in [3.05, 3.63) is 64.7 Å². The smallest absolute Gasteiger partial charge is 0.341 e. The summed E-state index contributed by atoms with van der Waals surface area (Å²) in [5.74, 6) is -1.24. The molecule has 2 aromatic rings. The van der Waals surface area contributed by atoms with Gasteiger partial charge in [0.05, 0.1) is 0 Å². The summed E-state index contributed by atoms with van der Waals surface area (Å²) in [5, 5.41) is 20.9. The third kappa shape index (κ3) is 5.68. The summed E-state index contributed by atoms with van der Waals surface area (Å²) in [6.45, 7) is -0.442. The first-order valence-electron chi connectivity index (χ1n) is 7.11. The molecule has 0 aliphatic rings. The third-order valence-electron chi connectivity index (χ3n) is 3.02. The molecule has 1 amide bonds. The maximum absolute atomic E-state index is 12.2. The van der Waals surface area contributed by atoms with Crippen LogP contribution >= 0.6 is 11.6 Å². The number of aliphatic carboxylic acids is 1. The van der Waals surface area contributed by atoms with Gasteiger partial charge in [-0.2, -0.15) is 5.26 Å². The van der Waals surface area contributed by atoms with E-state index in [-0.39, 0.29) is 5.57 Å². The van der Waals surface area contributed by atoms with Gasteiger partial charge in [-0.05, 0) is 48.0 Å². The van der Waals surface area contributed by atoms with E-state index in [2.05, 4.69) is 5.32 Å². The Bertz CT molecular complexity index is 837. The Labute approximate surface area is 148 Å². The number of nitrogens with one attached hydrogen (secondary N) is 1. The highest BCUT2D eigenvalue weighted by Gasteiger charge is 2.09. The van der Waals surface area contributed by atoms with Crippen molar-refractivity contribution in [3.63, 3.8) is 0 Å². The van der Waals surface area contributed by atoms with Gasteiger partial charge in [0.1, 0.15) is 17.4 Å². The lowest BCUT2D eigenvalue weighted by Gasteiger charge is -2.05. The number of halogens is 1. The number of benzene rings is 2. The summed E-state index contributed by atoms with van der Waals surface area (Å²) in [6, 6.07) is 14.7. The first kappa shape index (κ1) is 18.0. The Kier molecular flexibility index (Phi) is 6.15. The highest BCUT2D eigenvalue weighted by atomic mass is 35.5. The minimum absolute atomic E-state index is 0.0749. The van der Waals surface area contributed by atoms with Crippen LogP contribution in [0.5, 0.6) is 5.75 Å². The Balaban J connectivity index is 2.08. The van der Waals surface area contributed by atoms with Crippen LogP contribution in [0.25, 0.3) is 6.08 Å². The van der Waals surface area contributed by atoms with Crippen molar-refractivity contribution in [1.29, 1.82) is 5.26 Å². The molecule has 126 valence electrons. The van der Waals surface area contributed by atoms with E-state index in [1.807, 2.05) is 6.07 Å². The second-order valence-electron chi connectivity index (χ2n) is 4.88. The molecule has 7 heteroatoms. The number of carbonyl (C=O) groups excluding carboxylic acids is 1. The van der Waals surface area contributed by atoms with Crippen LogP contribution in [-0.4, -0.2) is 23.6 Å². The van der Waals surface area contributed by atoms with Crippen LogP contribution in [0.15, 0.2) is 54.1 Å². The number of amides is 1. The predicted octanol–water partition coefficient (Wildman–Crippen LogP) is 3.35. The summed E-state index contributed by atoms with van der Waals surface area (Å²) in [5.41, 5.74) is 1.05. The molecule has 0 aromatic heterocycles. The topological polar surface area (TPSA) is 99.4 Å². The van der Waals surface area contributed by atoms with Crippen molar-refractivity contribution in [2.75, 3.05) is 11.9 Å². The average Bonchev–Trinajstić information content (AvgIpc) is 2.60. The fourth-order valence-corrected chi connectivity index (χ4v) is 1.98. The van der Waals surface area contributed by atoms with E-state index in [0.717, 1.165) is 0 Å². The zero-order valence-electron chi connectivity index (χ0n) is 12.9. The van der Waals surface area contributed by atoms with E-state index < -0.39 is 18.5 Å². The summed E-state index contributed by atoms with van der Waals surface area (Å²) < 4.78 is 5.01. The fraction of sp³-hybridized carbons (Fsp3) is 0.0556. The molecule has 25 heavy (non-hydrogen) atoms. The highest BCUT2D eigenvalue weighted by molar-refractivity contribution is 6.30. The van der Waals surface area contributed by atoms with Crippen LogP contribution < -0.4 is 10.1 Å². The molecule has 0 unspecified atom stereocenters. The van der Waals surface area contributed by atoms with E-state index in [1.54, 1.807) is 48.5 Å². The lowest BCUT2D eigenvalue weighted by atomic mass is 10.1. The summed E-state index contributed by atoms with van der Waals surface area (Å²) in [4.78, 5) is 22.6. The van der Waals surface area contributed by atoms with E-state index in [4.69, 9.17) is 21.4 Å². The van der Waals surface area contributed by atoms with Gasteiger partial charge < -0.3 is 15.2 Å². The summed E-state index contributed by atoms with van der Waals surface area (Å²) >= 11 is 5.78. The maximum atomic E-state index is 12.2. The Morgan fingerprint density at radius 3 is 2.36 bits per heavy atom. The van der Waals surface area contributed by atoms with Crippen LogP contribution in [0.2, 0.25) is 5.02 Å². The quantitative estimate of drug-likeness (QED) is 0.610. The molecule has 0 spiro atoms. The molecule has 0 saturated carbocycles. The second-order valence-corrected chi connectivity index (χ2v) is 5.32. The van der Waals surface area contributed by atoms with E-state index in [0.29, 0.717) is 22.0 Å². The van der Waals surface area contributed by atoms with Gasteiger partial charge in [0, 0.05) is 10.7 Å². The molecule has 2 N–H and O–H groups in total. The van der Waals surface area contributed by atoms with Crippen molar-refractivity contribution in [3.8, 4) is 11.8 Å².